The predicted molar refractivity (Wildman–Crippen MR) is 75.7 cm³/mol. The van der Waals surface area contributed by atoms with Gasteiger partial charge in [-0.25, -0.2) is 0 Å². The van der Waals surface area contributed by atoms with Crippen molar-refractivity contribution < 1.29 is 0 Å². The summed E-state index contributed by atoms with van der Waals surface area (Å²) >= 11 is 0. The summed E-state index contributed by atoms with van der Waals surface area (Å²) in [6.45, 7) is 6.56. The van der Waals surface area contributed by atoms with Gasteiger partial charge >= 0.3 is 0 Å². The molecule has 94 valence electrons. The Kier molecular flexibility index (Phi) is 4.25. The van der Waals surface area contributed by atoms with E-state index in [0.29, 0.717) is 0 Å². The molecule has 0 aromatic heterocycles. The molecular formula is C17H26. The monoisotopic (exact) mass is 230 g/mol. The number of hydrogen-bond donors (Lipinski definition) is 0. The molecule has 3 rings (SSSR count). The highest BCUT2D eigenvalue weighted by Crippen LogP contribution is 2.47. The molecule has 0 heteroatoms. The lowest BCUT2D eigenvalue weighted by Crippen LogP contribution is -1.96. The number of hydrogen-bond acceptors (Lipinski definition) is 0. The molecule has 2 aliphatic rings. The molecule has 0 bridgehead atoms. The molecule has 0 radical (unpaired) electrons. The molecule has 0 spiro atoms. The topological polar surface area (TPSA) is 0 Å². The van der Waals surface area contributed by atoms with Crippen molar-refractivity contribution in [2.75, 3.05) is 0 Å². The van der Waals surface area contributed by atoms with E-state index in [9.17, 15) is 0 Å². The first-order valence-electron chi connectivity index (χ1n) is 7.43. The van der Waals surface area contributed by atoms with Crippen molar-refractivity contribution in [1.82, 2.24) is 0 Å². The van der Waals surface area contributed by atoms with Crippen LogP contribution in [0.1, 0.15) is 81.4 Å². The Bertz CT molecular complexity index is 326. The maximum absolute atomic E-state index is 2.36. The fourth-order valence-corrected chi connectivity index (χ4v) is 2.59. The van der Waals surface area contributed by atoms with E-state index < -0.39 is 0 Å². The fourth-order valence-electron chi connectivity index (χ4n) is 2.59. The van der Waals surface area contributed by atoms with Gasteiger partial charge in [-0.1, -0.05) is 45.4 Å². The Balaban J connectivity index is 0.000000329. The molecule has 0 amide bonds. The van der Waals surface area contributed by atoms with Crippen LogP contribution < -0.4 is 0 Å². The Morgan fingerprint density at radius 1 is 0.882 bits per heavy atom. The highest BCUT2D eigenvalue weighted by molar-refractivity contribution is 5.42. The molecule has 0 heterocycles. The molecule has 2 saturated carbocycles. The van der Waals surface area contributed by atoms with Gasteiger partial charge in [-0.3, -0.25) is 0 Å². The van der Waals surface area contributed by atoms with E-state index in [4.69, 9.17) is 0 Å². The van der Waals surface area contributed by atoms with E-state index in [-0.39, 0.29) is 0 Å². The van der Waals surface area contributed by atoms with Crippen LogP contribution in [0.15, 0.2) is 18.2 Å². The maximum atomic E-state index is 2.36. The summed E-state index contributed by atoms with van der Waals surface area (Å²) in [7, 11) is 0. The van der Waals surface area contributed by atoms with E-state index in [2.05, 4.69) is 39.0 Å². The first-order valence-corrected chi connectivity index (χ1v) is 7.43. The summed E-state index contributed by atoms with van der Waals surface area (Å²) in [6.07, 6.45) is 8.21. The summed E-state index contributed by atoms with van der Waals surface area (Å²) in [6, 6.07) is 7.01. The molecule has 0 N–H and O–H groups in total. The van der Waals surface area contributed by atoms with Gasteiger partial charge in [0, 0.05) is 0 Å². The fraction of sp³-hybridized carbons (Fsp3) is 0.647. The second kappa shape index (κ2) is 5.71. The van der Waals surface area contributed by atoms with Crippen LogP contribution >= 0.6 is 0 Å². The lowest BCUT2D eigenvalue weighted by Gasteiger charge is -2.12. The van der Waals surface area contributed by atoms with Crippen molar-refractivity contribution in [1.29, 1.82) is 0 Å². The highest BCUT2D eigenvalue weighted by atomic mass is 14.3. The van der Waals surface area contributed by atoms with Crippen molar-refractivity contribution in [3.05, 3.63) is 34.9 Å². The van der Waals surface area contributed by atoms with Gasteiger partial charge in [-0.15, -0.1) is 0 Å². The molecule has 17 heavy (non-hydrogen) atoms. The summed E-state index contributed by atoms with van der Waals surface area (Å²) in [5.41, 5.74) is 5.05. The smallest absolute Gasteiger partial charge is 0.0159 e. The molecule has 0 unspecified atom stereocenters. The average molecular weight is 230 g/mol. The zero-order valence-corrected chi connectivity index (χ0v) is 11.6. The standard InChI is InChI=1S/C14H18.C3H8/c1-2-12-13(10-6-7-10)4-3-5-14(12)11-8-9-11;1-3-2/h3-5,10-11H,2,6-9H2,1H3;3H2,1-2H3. The van der Waals surface area contributed by atoms with Crippen LogP contribution in [-0.4, -0.2) is 0 Å². The minimum absolute atomic E-state index is 0.920. The van der Waals surface area contributed by atoms with Gasteiger partial charge in [0.2, 0.25) is 0 Å². The molecule has 0 saturated heterocycles. The predicted octanol–water partition coefficient (Wildman–Crippen LogP) is 5.42. The molecule has 0 atom stereocenters. The van der Waals surface area contributed by atoms with E-state index in [1.807, 2.05) is 0 Å². The van der Waals surface area contributed by atoms with Crippen molar-refractivity contribution in [3.8, 4) is 0 Å². The third-order valence-electron chi connectivity index (χ3n) is 3.64. The van der Waals surface area contributed by atoms with Gasteiger partial charge in [-0.2, -0.15) is 0 Å². The Morgan fingerprint density at radius 3 is 1.59 bits per heavy atom. The Hall–Kier alpha value is -0.780. The normalized spacial score (nSPS) is 18.5. The summed E-state index contributed by atoms with van der Waals surface area (Å²) < 4.78 is 0. The van der Waals surface area contributed by atoms with Gasteiger partial charge < -0.3 is 0 Å². The molecule has 2 aliphatic carbocycles. The van der Waals surface area contributed by atoms with Crippen molar-refractivity contribution >= 4 is 0 Å². The zero-order valence-electron chi connectivity index (χ0n) is 11.6. The summed E-state index contributed by atoms with van der Waals surface area (Å²) in [5, 5.41) is 0. The lowest BCUT2D eigenvalue weighted by molar-refractivity contribution is 0.970. The van der Waals surface area contributed by atoms with E-state index in [1.165, 1.54) is 38.5 Å². The first kappa shape index (κ1) is 12.7. The molecule has 1 aromatic rings. The summed E-state index contributed by atoms with van der Waals surface area (Å²) in [5.74, 6) is 1.84. The van der Waals surface area contributed by atoms with Crippen LogP contribution in [0.3, 0.4) is 0 Å². The minimum atomic E-state index is 0.920. The Morgan fingerprint density at radius 2 is 1.29 bits per heavy atom. The van der Waals surface area contributed by atoms with Crippen molar-refractivity contribution in [3.63, 3.8) is 0 Å². The van der Waals surface area contributed by atoms with E-state index >= 15 is 0 Å². The second-order valence-corrected chi connectivity index (χ2v) is 5.52. The van der Waals surface area contributed by atoms with Crippen molar-refractivity contribution in [2.45, 2.75) is 71.1 Å². The van der Waals surface area contributed by atoms with Gasteiger partial charge in [0.25, 0.3) is 0 Å². The third-order valence-corrected chi connectivity index (χ3v) is 3.64. The van der Waals surface area contributed by atoms with Gasteiger partial charge in [-0.05, 0) is 60.6 Å². The Labute approximate surface area is 106 Å². The van der Waals surface area contributed by atoms with Gasteiger partial charge in [0.15, 0.2) is 0 Å². The largest absolute Gasteiger partial charge is 0.0656 e. The van der Waals surface area contributed by atoms with Crippen molar-refractivity contribution in [2.24, 2.45) is 0 Å². The van der Waals surface area contributed by atoms with Crippen LogP contribution in [0.5, 0.6) is 0 Å². The summed E-state index contributed by atoms with van der Waals surface area (Å²) in [4.78, 5) is 0. The minimum Gasteiger partial charge on any atom is -0.0656 e. The molecule has 1 aromatic carbocycles. The number of benzene rings is 1. The van der Waals surface area contributed by atoms with E-state index in [0.717, 1.165) is 11.8 Å². The zero-order chi connectivity index (χ0) is 12.3. The van der Waals surface area contributed by atoms with Gasteiger partial charge in [0.05, 0.1) is 0 Å². The van der Waals surface area contributed by atoms with E-state index in [1.54, 1.807) is 16.7 Å². The van der Waals surface area contributed by atoms with Crippen LogP contribution in [0.25, 0.3) is 0 Å². The lowest BCUT2D eigenvalue weighted by atomic mass is 9.93. The molecule has 0 nitrogen and oxygen atoms in total. The molecule has 0 aliphatic heterocycles. The van der Waals surface area contributed by atoms with Crippen LogP contribution in [0.4, 0.5) is 0 Å². The maximum Gasteiger partial charge on any atom is -0.0159 e. The van der Waals surface area contributed by atoms with Crippen LogP contribution in [-0.2, 0) is 6.42 Å². The SMILES string of the molecule is CCC.CCc1c(C2CC2)cccc1C1CC1. The van der Waals surface area contributed by atoms with Crippen LogP contribution in [0, 0.1) is 0 Å². The van der Waals surface area contributed by atoms with Crippen LogP contribution in [0.2, 0.25) is 0 Å². The van der Waals surface area contributed by atoms with Gasteiger partial charge in [0.1, 0.15) is 0 Å². The molecule has 2 fully saturated rings. The molecular weight excluding hydrogens is 204 g/mol. The first-order chi connectivity index (χ1) is 8.31. The highest BCUT2D eigenvalue weighted by Gasteiger charge is 2.30. The average Bonchev–Trinajstić information content (AvgIpc) is 3.20. The number of rotatable bonds is 3. The third kappa shape index (κ3) is 3.12. The second-order valence-electron chi connectivity index (χ2n) is 5.52. The quantitative estimate of drug-likeness (QED) is 0.650.